The van der Waals surface area contributed by atoms with Gasteiger partial charge in [0, 0.05) is 36.4 Å². The first-order valence-corrected chi connectivity index (χ1v) is 20.1. The highest BCUT2D eigenvalue weighted by Gasteiger charge is 2.43. The maximum absolute atomic E-state index is 13.2. The van der Waals surface area contributed by atoms with Gasteiger partial charge in [-0.25, -0.2) is 14.3 Å². The van der Waals surface area contributed by atoms with Crippen LogP contribution in [-0.4, -0.2) is 84.4 Å². The highest BCUT2D eigenvalue weighted by Crippen LogP contribution is 2.43. The molecule has 0 radical (unpaired) electrons. The van der Waals surface area contributed by atoms with Crippen molar-refractivity contribution in [3.63, 3.8) is 0 Å². The predicted octanol–water partition coefficient (Wildman–Crippen LogP) is 2.84. The van der Waals surface area contributed by atoms with Crippen LogP contribution in [0.1, 0.15) is 58.8 Å². The molecule has 3 aromatic heterocycles. The highest BCUT2D eigenvalue weighted by atomic mass is 16.6. The van der Waals surface area contributed by atoms with Crippen LogP contribution in [0.4, 0.5) is 0 Å². The molecular weight excluding hydrogens is 803 g/mol. The van der Waals surface area contributed by atoms with Crippen LogP contribution in [0.25, 0.3) is 0 Å². The smallest absolute Gasteiger partial charge is 0.330 e. The Kier molecular flexibility index (Phi) is 12.2. The summed E-state index contributed by atoms with van der Waals surface area (Å²) < 4.78 is 41.7. The number of nitrogens with one attached hydrogen (secondary N) is 2. The topological polar surface area (TPSA) is 216 Å². The van der Waals surface area contributed by atoms with Gasteiger partial charge in [0.05, 0.1) is 58.1 Å². The van der Waals surface area contributed by atoms with Gasteiger partial charge in [0.2, 0.25) is 0 Å². The summed E-state index contributed by atoms with van der Waals surface area (Å²) in [5.41, 5.74) is 0.233. The van der Waals surface area contributed by atoms with Crippen LogP contribution >= 0.6 is 0 Å². The number of rotatable bonds is 15. The average molecular weight is 850 g/mol. The lowest BCUT2D eigenvalue weighted by atomic mass is 9.80. The molecule has 0 amide bonds. The fourth-order valence-electron chi connectivity index (χ4n) is 8.04. The summed E-state index contributed by atoms with van der Waals surface area (Å²) in [7, 11) is 3.21. The van der Waals surface area contributed by atoms with Gasteiger partial charge in [0.15, 0.2) is 0 Å². The molecule has 0 spiro atoms. The third-order valence-corrected chi connectivity index (χ3v) is 11.4. The van der Waals surface area contributed by atoms with Gasteiger partial charge in [0.25, 0.3) is 11.1 Å². The van der Waals surface area contributed by atoms with E-state index in [1.165, 1.54) is 27.7 Å². The highest BCUT2D eigenvalue weighted by molar-refractivity contribution is 5.49. The summed E-state index contributed by atoms with van der Waals surface area (Å²) in [6.07, 6.45) is -0.0238. The number of nitrogens with zero attached hydrogens (tertiary/aromatic N) is 5. The van der Waals surface area contributed by atoms with E-state index in [0.29, 0.717) is 28.3 Å². The van der Waals surface area contributed by atoms with Crippen molar-refractivity contribution in [3.8, 4) is 11.5 Å². The predicted molar refractivity (Wildman–Crippen MR) is 222 cm³/mol. The Labute approximate surface area is 354 Å². The number of aromatic amines is 2. The number of H-pyrrole nitrogens is 2. The zero-order chi connectivity index (χ0) is 43.5. The van der Waals surface area contributed by atoms with E-state index < -0.39 is 65.0 Å². The van der Waals surface area contributed by atoms with Gasteiger partial charge in [-0.3, -0.25) is 28.7 Å². The maximum atomic E-state index is 13.2. The number of hydrogen-bond acceptors (Lipinski definition) is 13. The van der Waals surface area contributed by atoms with Crippen LogP contribution in [0.5, 0.6) is 11.5 Å². The molecule has 0 bridgehead atoms. The Bertz CT molecular complexity index is 2680. The second kappa shape index (κ2) is 17.9. The number of aliphatic hydroxyl groups excluding tert-OH is 1. The summed E-state index contributed by atoms with van der Waals surface area (Å²) in [4.78, 5) is 54.7. The summed E-state index contributed by atoms with van der Waals surface area (Å²) in [6, 6.07) is 25.1. The minimum absolute atomic E-state index is 0.00456. The maximum Gasteiger partial charge on any atom is 0.330 e. The molecule has 3 aromatic carbocycles. The van der Waals surface area contributed by atoms with Crippen molar-refractivity contribution in [2.75, 3.05) is 20.8 Å². The third kappa shape index (κ3) is 8.42. The minimum Gasteiger partial charge on any atom is -0.497 e. The molecule has 6 aromatic rings. The normalized spacial score (nSPS) is 21.3. The van der Waals surface area contributed by atoms with E-state index in [-0.39, 0.29) is 32.6 Å². The number of methoxy groups -OCH3 is 2. The fraction of sp³-hybridized carbons (Fsp3) is 0.364. The van der Waals surface area contributed by atoms with Crippen molar-refractivity contribution < 1.29 is 33.5 Å². The first-order valence-electron chi connectivity index (χ1n) is 20.1. The monoisotopic (exact) mass is 849 g/mol. The zero-order valence-electron chi connectivity index (χ0n) is 34.5. The summed E-state index contributed by atoms with van der Waals surface area (Å²) >= 11 is 0. The zero-order valence-corrected chi connectivity index (χ0v) is 34.5. The number of hydrogen-bond donors (Lipinski definition) is 3. The van der Waals surface area contributed by atoms with E-state index in [9.17, 15) is 24.3 Å². The molecule has 0 aliphatic carbocycles. The van der Waals surface area contributed by atoms with Gasteiger partial charge >= 0.3 is 11.4 Å². The standard InChI is InChI=1S/C44H47N7O11/c1-26-21-49(42(55)46-40(26)53)38-18-34(52)36(61-38)23-51-31(20-45-48-51)24-59-35-19-39(50-22-27(2)41(54)47-43(50)56)62-37(35)25-60-44(28-8-6-5-7-9-28,29-10-14-32(57-3)15-11-29)30-12-16-33(58-4)17-13-30/h5-17,20-22,34-39,52H,18-19,23-25H2,1-4H3,(H,46,53,55)(H,47,54,56)/t34-,35-,36+,37+,38+,39+/m0/s1. The SMILES string of the molecule is COc1ccc(C(OC[C@H]2O[C@@H](n3cc(C)c(=O)[nH]c3=O)C[C@@H]2OCc2cnnn2C[C@H]2O[C@@H](n3cc(C)c(=O)[nH]c3=O)C[C@@H]2O)(c2ccccc2)c2ccc(OC)cc2)cc1. The Morgan fingerprint density at radius 2 is 1.27 bits per heavy atom. The molecule has 18 nitrogen and oxygen atoms in total. The molecule has 3 N–H and O–H groups in total. The van der Waals surface area contributed by atoms with Gasteiger partial charge in [0.1, 0.15) is 41.8 Å². The number of aryl methyl sites for hydroxylation is 2. The van der Waals surface area contributed by atoms with E-state index in [2.05, 4.69) is 20.3 Å². The van der Waals surface area contributed by atoms with Gasteiger partial charge in [-0.2, -0.15) is 0 Å². The van der Waals surface area contributed by atoms with E-state index in [4.69, 9.17) is 28.4 Å². The number of ether oxygens (including phenoxy) is 6. The Hall–Kier alpha value is -6.44. The van der Waals surface area contributed by atoms with Gasteiger partial charge < -0.3 is 33.5 Å². The van der Waals surface area contributed by atoms with E-state index in [1.54, 1.807) is 32.7 Å². The molecule has 2 aliphatic heterocycles. The average Bonchev–Trinajstić information content (AvgIpc) is 4.01. The largest absolute Gasteiger partial charge is 0.497 e. The van der Waals surface area contributed by atoms with Crippen LogP contribution in [-0.2, 0) is 37.7 Å². The quantitative estimate of drug-likeness (QED) is 0.127. The lowest BCUT2D eigenvalue weighted by Gasteiger charge is -2.37. The fourth-order valence-corrected chi connectivity index (χ4v) is 8.04. The third-order valence-electron chi connectivity index (χ3n) is 11.4. The molecule has 2 aliphatic rings. The van der Waals surface area contributed by atoms with Gasteiger partial charge in [-0.15, -0.1) is 5.10 Å². The number of aromatic nitrogens is 7. The molecule has 0 unspecified atom stereocenters. The number of aliphatic hydroxyl groups is 1. The van der Waals surface area contributed by atoms with Gasteiger partial charge in [-0.05, 0) is 54.8 Å². The molecule has 324 valence electrons. The van der Waals surface area contributed by atoms with E-state index in [1.807, 2.05) is 78.9 Å². The lowest BCUT2D eigenvalue weighted by Crippen LogP contribution is -2.38. The molecule has 8 rings (SSSR count). The lowest BCUT2D eigenvalue weighted by molar-refractivity contribution is -0.107. The summed E-state index contributed by atoms with van der Waals surface area (Å²) in [5, 5.41) is 19.3. The Morgan fingerprint density at radius 1 is 0.742 bits per heavy atom. The van der Waals surface area contributed by atoms with Crippen LogP contribution in [0.3, 0.4) is 0 Å². The van der Waals surface area contributed by atoms with Crippen LogP contribution in [0, 0.1) is 13.8 Å². The molecule has 62 heavy (non-hydrogen) atoms. The summed E-state index contributed by atoms with van der Waals surface area (Å²) in [5.74, 6) is 1.34. The van der Waals surface area contributed by atoms with Crippen molar-refractivity contribution in [2.24, 2.45) is 0 Å². The van der Waals surface area contributed by atoms with Crippen molar-refractivity contribution in [1.29, 1.82) is 0 Å². The molecule has 5 heterocycles. The van der Waals surface area contributed by atoms with Crippen molar-refractivity contribution in [2.45, 2.75) is 82.3 Å². The minimum atomic E-state index is -1.18. The van der Waals surface area contributed by atoms with Crippen LogP contribution < -0.4 is 32.0 Å². The number of benzene rings is 3. The first kappa shape index (κ1) is 42.3. The van der Waals surface area contributed by atoms with Crippen LogP contribution in [0.2, 0.25) is 0 Å². The van der Waals surface area contributed by atoms with Crippen molar-refractivity contribution >= 4 is 0 Å². The Morgan fingerprint density at radius 3 is 1.84 bits per heavy atom. The molecule has 18 heteroatoms. The second-order valence-corrected chi connectivity index (χ2v) is 15.3. The van der Waals surface area contributed by atoms with Crippen LogP contribution in [0.15, 0.2) is 117 Å². The molecule has 2 saturated heterocycles. The van der Waals surface area contributed by atoms with Crippen molar-refractivity contribution in [3.05, 3.63) is 173 Å². The summed E-state index contributed by atoms with van der Waals surface area (Å²) in [6.45, 7) is 3.25. The van der Waals surface area contributed by atoms with Gasteiger partial charge in [-0.1, -0.05) is 59.8 Å². The van der Waals surface area contributed by atoms with E-state index >= 15 is 0 Å². The van der Waals surface area contributed by atoms with E-state index in [0.717, 1.165) is 16.7 Å². The Balaban J connectivity index is 1.08. The molecule has 0 saturated carbocycles. The van der Waals surface area contributed by atoms with Crippen molar-refractivity contribution in [1.82, 2.24) is 34.1 Å². The molecular formula is C44H47N7O11. The second-order valence-electron chi connectivity index (χ2n) is 15.3. The molecule has 6 atom stereocenters. The molecule has 2 fully saturated rings. The first-order chi connectivity index (χ1) is 30.0.